The van der Waals surface area contributed by atoms with Gasteiger partial charge in [0, 0.05) is 43.1 Å². The van der Waals surface area contributed by atoms with Crippen LogP contribution in [0, 0.1) is 0 Å². The van der Waals surface area contributed by atoms with Crippen LogP contribution in [0.25, 0.3) is 0 Å². The Kier molecular flexibility index (Phi) is 10.7. The van der Waals surface area contributed by atoms with Crippen molar-refractivity contribution in [3.63, 3.8) is 0 Å². The Bertz CT molecular complexity index is 768. The normalized spacial score (nSPS) is 10.0. The number of amides is 2. The Morgan fingerprint density at radius 3 is 2.64 bits per heavy atom. The van der Waals surface area contributed by atoms with Gasteiger partial charge in [-0.2, -0.15) is 0 Å². The number of carbonyl (C=O) groups is 2. The number of hydrogen-bond donors (Lipinski definition) is 3. The molecule has 6 nitrogen and oxygen atoms in total. The highest BCUT2D eigenvalue weighted by molar-refractivity contribution is 5.97. The lowest BCUT2D eigenvalue weighted by atomic mass is 10.1. The summed E-state index contributed by atoms with van der Waals surface area (Å²) in [6.07, 6.45) is 1.65. The summed E-state index contributed by atoms with van der Waals surface area (Å²) < 4.78 is 5.24. The third-order valence-corrected chi connectivity index (χ3v) is 4.04. The first kappa shape index (κ1) is 23.5. The van der Waals surface area contributed by atoms with Crippen molar-refractivity contribution in [3.8, 4) is 0 Å². The summed E-state index contributed by atoms with van der Waals surface area (Å²) in [7, 11) is 0. The molecule has 2 aromatic carbocycles. The monoisotopic (exact) mass is 405 g/mol. The fourth-order valence-corrected chi connectivity index (χ4v) is 2.59. The van der Waals surface area contributed by atoms with Gasteiger partial charge >= 0.3 is 0 Å². The zero-order chi connectivity index (χ0) is 19.5. The summed E-state index contributed by atoms with van der Waals surface area (Å²) in [6, 6.07) is 14.4. The van der Waals surface area contributed by atoms with Crippen LogP contribution < -0.4 is 16.4 Å². The molecule has 0 saturated heterocycles. The van der Waals surface area contributed by atoms with Gasteiger partial charge in [-0.05, 0) is 49.6 Å². The van der Waals surface area contributed by atoms with E-state index in [4.69, 9.17) is 10.5 Å². The van der Waals surface area contributed by atoms with E-state index in [0.717, 1.165) is 12.0 Å². The predicted octanol–water partition coefficient (Wildman–Crippen LogP) is 3.42. The van der Waals surface area contributed by atoms with Gasteiger partial charge in [0.1, 0.15) is 0 Å². The number of hydrogen-bond acceptors (Lipinski definition) is 4. The van der Waals surface area contributed by atoms with E-state index in [1.54, 1.807) is 24.3 Å². The average molecular weight is 406 g/mol. The Morgan fingerprint density at radius 2 is 1.89 bits per heavy atom. The molecule has 0 radical (unpaired) electrons. The number of nitrogens with two attached hydrogens (primary N) is 1. The zero-order valence-corrected chi connectivity index (χ0v) is 16.9. The SMILES string of the molecule is CCOCCCNC(=O)c1cccc(NC(=O)CCc2ccccc2N)c1.Cl. The minimum absolute atomic E-state index is 0. The molecular formula is C21H28ClN3O3. The van der Waals surface area contributed by atoms with E-state index in [1.807, 2.05) is 31.2 Å². The standard InChI is InChI=1S/C21H27N3O3.ClH/c1-2-27-14-6-13-23-21(26)17-8-5-9-18(15-17)24-20(25)12-11-16-7-3-4-10-19(16)22;/h3-5,7-10,15H,2,6,11-14,22H2,1H3,(H,23,26)(H,24,25);1H. The molecule has 28 heavy (non-hydrogen) atoms. The van der Waals surface area contributed by atoms with E-state index in [1.165, 1.54) is 0 Å². The van der Waals surface area contributed by atoms with Crippen LogP contribution in [0.3, 0.4) is 0 Å². The topological polar surface area (TPSA) is 93.5 Å². The minimum atomic E-state index is -0.167. The molecule has 0 spiro atoms. The summed E-state index contributed by atoms with van der Waals surface area (Å²) in [5, 5.41) is 5.68. The van der Waals surface area contributed by atoms with E-state index in [-0.39, 0.29) is 24.2 Å². The Hall–Kier alpha value is -2.57. The maximum absolute atomic E-state index is 12.2. The number of halogens is 1. The quantitative estimate of drug-likeness (QED) is 0.417. The van der Waals surface area contributed by atoms with E-state index < -0.39 is 0 Å². The molecule has 0 aliphatic heterocycles. The number of nitrogen functional groups attached to an aromatic ring is 1. The minimum Gasteiger partial charge on any atom is -0.399 e. The number of carbonyl (C=O) groups excluding carboxylic acids is 2. The summed E-state index contributed by atoms with van der Waals surface area (Å²) in [6.45, 7) is 3.78. The molecule has 0 heterocycles. The Labute approximate surface area is 172 Å². The van der Waals surface area contributed by atoms with Gasteiger partial charge in [-0.25, -0.2) is 0 Å². The highest BCUT2D eigenvalue weighted by Gasteiger charge is 2.08. The van der Waals surface area contributed by atoms with E-state index in [9.17, 15) is 9.59 Å². The average Bonchev–Trinajstić information content (AvgIpc) is 2.67. The van der Waals surface area contributed by atoms with Crippen LogP contribution in [0.2, 0.25) is 0 Å². The number of rotatable bonds is 10. The molecule has 0 saturated carbocycles. The largest absolute Gasteiger partial charge is 0.399 e. The van der Waals surface area contributed by atoms with Crippen LogP contribution in [0.1, 0.15) is 35.7 Å². The third-order valence-electron chi connectivity index (χ3n) is 4.04. The second-order valence-corrected chi connectivity index (χ2v) is 6.13. The molecule has 152 valence electrons. The Balaban J connectivity index is 0.00000392. The van der Waals surface area contributed by atoms with Gasteiger partial charge < -0.3 is 21.1 Å². The van der Waals surface area contributed by atoms with Crippen molar-refractivity contribution in [2.75, 3.05) is 30.8 Å². The molecular weight excluding hydrogens is 378 g/mol. The van der Waals surface area contributed by atoms with Gasteiger partial charge in [0.25, 0.3) is 5.91 Å². The maximum atomic E-state index is 12.2. The van der Waals surface area contributed by atoms with Crippen LogP contribution in [-0.2, 0) is 16.0 Å². The second-order valence-electron chi connectivity index (χ2n) is 6.13. The fourth-order valence-electron chi connectivity index (χ4n) is 2.59. The predicted molar refractivity (Wildman–Crippen MR) is 115 cm³/mol. The van der Waals surface area contributed by atoms with Gasteiger partial charge in [0.05, 0.1) is 0 Å². The molecule has 0 aromatic heterocycles. The van der Waals surface area contributed by atoms with Gasteiger partial charge in [0.15, 0.2) is 0 Å². The number of para-hydroxylation sites is 1. The van der Waals surface area contributed by atoms with Gasteiger partial charge in [-0.3, -0.25) is 9.59 Å². The van der Waals surface area contributed by atoms with Crippen LogP contribution in [0.15, 0.2) is 48.5 Å². The molecule has 0 bridgehead atoms. The molecule has 0 aliphatic carbocycles. The third kappa shape index (κ3) is 7.98. The molecule has 0 fully saturated rings. The van der Waals surface area contributed by atoms with Crippen LogP contribution in [0.5, 0.6) is 0 Å². The molecule has 0 aliphatic rings. The van der Waals surface area contributed by atoms with Gasteiger partial charge in [-0.1, -0.05) is 24.3 Å². The first-order valence-corrected chi connectivity index (χ1v) is 9.19. The molecule has 2 aromatic rings. The van der Waals surface area contributed by atoms with Crippen molar-refractivity contribution in [1.82, 2.24) is 5.32 Å². The van der Waals surface area contributed by atoms with Crippen molar-refractivity contribution < 1.29 is 14.3 Å². The van der Waals surface area contributed by atoms with Crippen LogP contribution in [0.4, 0.5) is 11.4 Å². The Morgan fingerprint density at radius 1 is 1.11 bits per heavy atom. The molecule has 0 atom stereocenters. The van der Waals surface area contributed by atoms with Crippen molar-refractivity contribution in [2.24, 2.45) is 0 Å². The zero-order valence-electron chi connectivity index (χ0n) is 16.1. The number of anilines is 2. The summed E-state index contributed by atoms with van der Waals surface area (Å²) in [4.78, 5) is 24.4. The van der Waals surface area contributed by atoms with Gasteiger partial charge in [-0.15, -0.1) is 12.4 Å². The van der Waals surface area contributed by atoms with Crippen LogP contribution in [-0.4, -0.2) is 31.6 Å². The second kappa shape index (κ2) is 12.8. The van der Waals surface area contributed by atoms with E-state index >= 15 is 0 Å². The highest BCUT2D eigenvalue weighted by Crippen LogP contribution is 2.15. The first-order chi connectivity index (χ1) is 13.1. The van der Waals surface area contributed by atoms with E-state index in [0.29, 0.717) is 49.5 Å². The molecule has 4 N–H and O–H groups in total. The smallest absolute Gasteiger partial charge is 0.251 e. The number of benzene rings is 2. The summed E-state index contributed by atoms with van der Waals surface area (Å²) in [5.41, 5.74) is 8.65. The lowest BCUT2D eigenvalue weighted by Crippen LogP contribution is -2.25. The summed E-state index contributed by atoms with van der Waals surface area (Å²) in [5.74, 6) is -0.285. The number of nitrogens with one attached hydrogen (secondary N) is 2. The number of ether oxygens (including phenoxy) is 1. The van der Waals surface area contributed by atoms with Crippen molar-refractivity contribution in [1.29, 1.82) is 0 Å². The van der Waals surface area contributed by atoms with Gasteiger partial charge in [0.2, 0.25) is 5.91 Å². The molecule has 2 amide bonds. The highest BCUT2D eigenvalue weighted by atomic mass is 35.5. The maximum Gasteiger partial charge on any atom is 0.251 e. The van der Waals surface area contributed by atoms with Crippen molar-refractivity contribution >= 4 is 35.6 Å². The molecule has 2 rings (SSSR count). The fraction of sp³-hybridized carbons (Fsp3) is 0.333. The summed E-state index contributed by atoms with van der Waals surface area (Å²) >= 11 is 0. The molecule has 0 unspecified atom stereocenters. The van der Waals surface area contributed by atoms with Crippen molar-refractivity contribution in [2.45, 2.75) is 26.2 Å². The van der Waals surface area contributed by atoms with Crippen molar-refractivity contribution in [3.05, 3.63) is 59.7 Å². The molecule has 7 heteroatoms. The van der Waals surface area contributed by atoms with E-state index in [2.05, 4.69) is 10.6 Å². The first-order valence-electron chi connectivity index (χ1n) is 9.19. The lowest BCUT2D eigenvalue weighted by molar-refractivity contribution is -0.116. The number of aryl methyl sites for hydroxylation is 1. The lowest BCUT2D eigenvalue weighted by Gasteiger charge is -2.09. The van der Waals surface area contributed by atoms with Crippen LogP contribution >= 0.6 is 12.4 Å².